The molecule has 0 radical (unpaired) electrons. The molecule has 3 atom stereocenters. The zero-order valence-corrected chi connectivity index (χ0v) is 6.30. The fraction of sp³-hybridized carbons (Fsp3) is 1.00. The van der Waals surface area contributed by atoms with Gasteiger partial charge in [-0.25, -0.2) is 0 Å². The van der Waals surface area contributed by atoms with Crippen molar-refractivity contribution in [2.75, 3.05) is 0 Å². The van der Waals surface area contributed by atoms with Gasteiger partial charge in [0.25, 0.3) is 0 Å². The Balaban J connectivity index is 2.35. The van der Waals surface area contributed by atoms with Crippen molar-refractivity contribution in [2.24, 2.45) is 11.8 Å². The quantitative estimate of drug-likeness (QED) is 0.527. The van der Waals surface area contributed by atoms with Crippen LogP contribution in [0.2, 0.25) is 0 Å². The van der Waals surface area contributed by atoms with Crippen LogP contribution in [0.5, 0.6) is 0 Å². The van der Waals surface area contributed by atoms with Gasteiger partial charge in [0.05, 0.1) is 6.10 Å². The van der Waals surface area contributed by atoms with E-state index in [4.69, 9.17) is 0 Å². The topological polar surface area (TPSA) is 20.2 Å². The van der Waals surface area contributed by atoms with Crippen molar-refractivity contribution in [3.63, 3.8) is 0 Å². The monoisotopic (exact) mass is 128 g/mol. The summed E-state index contributed by atoms with van der Waals surface area (Å²) in [6, 6.07) is 0. The first-order valence-electron chi connectivity index (χ1n) is 3.88. The molecule has 1 aliphatic carbocycles. The summed E-state index contributed by atoms with van der Waals surface area (Å²) >= 11 is 0. The van der Waals surface area contributed by atoms with Crippen molar-refractivity contribution < 1.29 is 5.11 Å². The van der Waals surface area contributed by atoms with Crippen LogP contribution < -0.4 is 0 Å². The molecule has 0 heterocycles. The molecule has 1 fully saturated rings. The van der Waals surface area contributed by atoms with Crippen LogP contribution in [-0.2, 0) is 0 Å². The predicted octanol–water partition coefficient (Wildman–Crippen LogP) is 1.80. The first-order valence-corrected chi connectivity index (χ1v) is 3.88. The van der Waals surface area contributed by atoms with Gasteiger partial charge in [-0.3, -0.25) is 0 Å². The number of aliphatic hydroxyl groups excluding tert-OH is 1. The third-order valence-electron chi connectivity index (χ3n) is 2.57. The van der Waals surface area contributed by atoms with Crippen LogP contribution in [0.25, 0.3) is 0 Å². The molecular weight excluding hydrogens is 112 g/mol. The van der Waals surface area contributed by atoms with Crippen molar-refractivity contribution in [1.29, 1.82) is 0 Å². The second-order valence-corrected chi connectivity index (χ2v) is 3.42. The van der Waals surface area contributed by atoms with Crippen molar-refractivity contribution in [1.82, 2.24) is 0 Å². The third-order valence-corrected chi connectivity index (χ3v) is 2.57. The van der Waals surface area contributed by atoms with Crippen LogP contribution >= 0.6 is 0 Å². The molecule has 1 nitrogen and oxygen atoms in total. The maximum atomic E-state index is 9.20. The van der Waals surface area contributed by atoms with Crippen molar-refractivity contribution in [2.45, 2.75) is 39.2 Å². The molecule has 1 saturated carbocycles. The molecule has 0 amide bonds. The molecule has 1 rings (SSSR count). The van der Waals surface area contributed by atoms with Gasteiger partial charge in [0, 0.05) is 0 Å². The molecule has 0 aromatic carbocycles. The molecule has 1 aliphatic rings. The Morgan fingerprint density at radius 3 is 2.22 bits per heavy atom. The lowest BCUT2D eigenvalue weighted by molar-refractivity contribution is 0.0807. The van der Waals surface area contributed by atoms with Crippen molar-refractivity contribution in [3.8, 4) is 0 Å². The van der Waals surface area contributed by atoms with E-state index in [1.807, 2.05) is 0 Å². The van der Waals surface area contributed by atoms with E-state index < -0.39 is 0 Å². The lowest BCUT2D eigenvalue weighted by atomic mass is 9.80. The van der Waals surface area contributed by atoms with E-state index >= 15 is 0 Å². The highest BCUT2D eigenvalue weighted by molar-refractivity contribution is 4.73. The third kappa shape index (κ3) is 1.68. The molecule has 2 unspecified atom stereocenters. The zero-order chi connectivity index (χ0) is 6.85. The number of rotatable bonds is 0. The Morgan fingerprint density at radius 1 is 1.11 bits per heavy atom. The van der Waals surface area contributed by atoms with Gasteiger partial charge < -0.3 is 5.11 Å². The first-order chi connectivity index (χ1) is 4.20. The van der Waals surface area contributed by atoms with E-state index in [1.165, 1.54) is 6.42 Å². The van der Waals surface area contributed by atoms with Gasteiger partial charge in [0.1, 0.15) is 0 Å². The molecule has 0 aliphatic heterocycles. The molecule has 9 heavy (non-hydrogen) atoms. The Bertz CT molecular complexity index is 90.6. The molecule has 0 bridgehead atoms. The summed E-state index contributed by atoms with van der Waals surface area (Å²) in [6.07, 6.45) is 3.24. The molecule has 0 saturated heterocycles. The largest absolute Gasteiger partial charge is 0.393 e. The van der Waals surface area contributed by atoms with Crippen LogP contribution in [0.4, 0.5) is 0 Å². The lowest BCUT2D eigenvalue weighted by Crippen LogP contribution is -2.23. The highest BCUT2D eigenvalue weighted by atomic mass is 16.3. The molecule has 0 aromatic rings. The first kappa shape index (κ1) is 7.07. The van der Waals surface area contributed by atoms with E-state index in [-0.39, 0.29) is 6.10 Å². The Kier molecular flexibility index (Phi) is 2.12. The Labute approximate surface area is 57.1 Å². The van der Waals surface area contributed by atoms with Crippen LogP contribution in [0.3, 0.4) is 0 Å². The minimum Gasteiger partial charge on any atom is -0.393 e. The van der Waals surface area contributed by atoms with E-state index in [9.17, 15) is 5.11 Å². The van der Waals surface area contributed by atoms with Gasteiger partial charge in [-0.05, 0) is 31.1 Å². The van der Waals surface area contributed by atoms with Gasteiger partial charge in [-0.15, -0.1) is 0 Å². The van der Waals surface area contributed by atoms with E-state index in [2.05, 4.69) is 13.8 Å². The van der Waals surface area contributed by atoms with Gasteiger partial charge in [0.2, 0.25) is 0 Å². The molecule has 0 aromatic heterocycles. The number of hydrogen-bond donors (Lipinski definition) is 1. The summed E-state index contributed by atoms with van der Waals surface area (Å²) in [5.41, 5.74) is 0. The predicted molar refractivity (Wildman–Crippen MR) is 38.2 cm³/mol. The summed E-state index contributed by atoms with van der Waals surface area (Å²) in [4.78, 5) is 0. The fourth-order valence-corrected chi connectivity index (χ4v) is 1.52. The average molecular weight is 128 g/mol. The maximum Gasteiger partial charge on any atom is 0.0543 e. The summed E-state index contributed by atoms with van der Waals surface area (Å²) in [5.74, 6) is 1.56. The van der Waals surface area contributed by atoms with Gasteiger partial charge in [-0.2, -0.15) is 0 Å². The summed E-state index contributed by atoms with van der Waals surface area (Å²) in [7, 11) is 0. The number of aliphatic hydroxyl groups is 1. The Morgan fingerprint density at radius 2 is 1.78 bits per heavy atom. The summed E-state index contributed by atoms with van der Waals surface area (Å²) < 4.78 is 0. The minimum absolute atomic E-state index is 0.00352. The van der Waals surface area contributed by atoms with Gasteiger partial charge in [-0.1, -0.05) is 13.8 Å². The van der Waals surface area contributed by atoms with Crippen LogP contribution in [0, 0.1) is 11.8 Å². The van der Waals surface area contributed by atoms with Crippen molar-refractivity contribution >= 4 is 0 Å². The van der Waals surface area contributed by atoms with E-state index in [0.29, 0.717) is 0 Å². The molecule has 0 spiro atoms. The van der Waals surface area contributed by atoms with Crippen LogP contribution in [-0.4, -0.2) is 11.2 Å². The summed E-state index contributed by atoms with van der Waals surface area (Å²) in [6.45, 7) is 4.50. The minimum atomic E-state index is -0.00352. The van der Waals surface area contributed by atoms with Gasteiger partial charge >= 0.3 is 0 Å². The summed E-state index contributed by atoms with van der Waals surface area (Å²) in [5, 5.41) is 9.20. The van der Waals surface area contributed by atoms with E-state index in [1.54, 1.807) is 0 Å². The fourth-order valence-electron chi connectivity index (χ4n) is 1.52. The van der Waals surface area contributed by atoms with Crippen LogP contribution in [0.15, 0.2) is 0 Å². The normalized spacial score (nSPS) is 45.0. The molecular formula is C8H16O. The maximum absolute atomic E-state index is 9.20. The highest BCUT2D eigenvalue weighted by Gasteiger charge is 2.22. The highest BCUT2D eigenvalue weighted by Crippen LogP contribution is 2.28. The SMILES string of the molecule is CC1CCC(O)C[C@H]1C. The van der Waals surface area contributed by atoms with Crippen molar-refractivity contribution in [3.05, 3.63) is 0 Å². The molecule has 1 heteroatoms. The van der Waals surface area contributed by atoms with Gasteiger partial charge in [0.15, 0.2) is 0 Å². The second kappa shape index (κ2) is 2.70. The standard InChI is InChI=1S/C8H16O/c1-6-3-4-8(9)5-7(6)2/h6-9H,3-5H2,1-2H3/t6?,7-,8?/m1/s1. The molecule has 1 N–H and O–H groups in total. The smallest absolute Gasteiger partial charge is 0.0543 e. The number of hydrogen-bond acceptors (Lipinski definition) is 1. The zero-order valence-electron chi connectivity index (χ0n) is 6.30. The van der Waals surface area contributed by atoms with Crippen LogP contribution in [0.1, 0.15) is 33.1 Å². The Hall–Kier alpha value is -0.0400. The average Bonchev–Trinajstić information content (AvgIpc) is 1.80. The second-order valence-electron chi connectivity index (χ2n) is 3.42. The molecule has 54 valence electrons. The lowest BCUT2D eigenvalue weighted by Gasteiger charge is -2.28. The van der Waals surface area contributed by atoms with E-state index in [0.717, 1.165) is 24.7 Å².